The summed E-state index contributed by atoms with van der Waals surface area (Å²) in [5.41, 5.74) is 0.276. The van der Waals surface area contributed by atoms with E-state index in [1.165, 1.54) is 36.5 Å². The van der Waals surface area contributed by atoms with Crippen molar-refractivity contribution in [1.82, 2.24) is 4.98 Å². The molecule has 0 unspecified atom stereocenters. The second-order valence-electron chi connectivity index (χ2n) is 3.82. The summed E-state index contributed by atoms with van der Waals surface area (Å²) in [6.07, 6.45) is 1.27. The molecule has 0 spiro atoms. The van der Waals surface area contributed by atoms with Crippen LogP contribution in [0.3, 0.4) is 0 Å². The number of carbonyl (C=O) groups is 2. The molecule has 0 saturated heterocycles. The lowest BCUT2D eigenvalue weighted by Crippen LogP contribution is -2.20. The fourth-order valence-corrected chi connectivity index (χ4v) is 1.48. The highest BCUT2D eigenvalue weighted by Gasteiger charge is 2.07. The molecule has 0 saturated carbocycles. The monoisotopic (exact) mass is 275 g/mol. The largest absolute Gasteiger partial charge is 0.478 e. The van der Waals surface area contributed by atoms with Crippen molar-refractivity contribution < 1.29 is 19.1 Å². The number of carbonyl (C=O) groups excluding carboxylic acids is 1. The minimum atomic E-state index is -1.12. The number of aromatic nitrogens is 1. The maximum atomic E-state index is 12.9. The van der Waals surface area contributed by atoms with Crippen LogP contribution in [0.1, 0.15) is 10.4 Å². The van der Waals surface area contributed by atoms with Crippen LogP contribution in [0.5, 0.6) is 0 Å². The number of hydrogen-bond acceptors (Lipinski definition) is 3. The molecule has 0 radical (unpaired) electrons. The molecule has 0 fully saturated rings. The Morgan fingerprint density at radius 2 is 1.95 bits per heavy atom. The van der Waals surface area contributed by atoms with Crippen LogP contribution in [0, 0.1) is 5.82 Å². The van der Waals surface area contributed by atoms with Crippen molar-refractivity contribution in [3.8, 4) is 0 Å². The number of amides is 2. The first-order chi connectivity index (χ1) is 9.54. The average Bonchev–Trinajstić information content (AvgIpc) is 2.38. The van der Waals surface area contributed by atoms with Crippen LogP contribution in [0.25, 0.3) is 0 Å². The Labute approximate surface area is 113 Å². The van der Waals surface area contributed by atoms with Gasteiger partial charge in [-0.2, -0.15) is 0 Å². The minimum absolute atomic E-state index is 0.000977. The van der Waals surface area contributed by atoms with Crippen molar-refractivity contribution in [1.29, 1.82) is 0 Å². The number of benzene rings is 1. The van der Waals surface area contributed by atoms with Gasteiger partial charge in [0.05, 0.1) is 5.56 Å². The van der Waals surface area contributed by atoms with E-state index in [4.69, 9.17) is 5.11 Å². The molecule has 7 heteroatoms. The second-order valence-corrected chi connectivity index (χ2v) is 3.82. The standard InChI is InChI=1S/C13H10FN3O3/c14-9-2-1-3-10(7-9)16-13(20)17-11-6-8(12(18)19)4-5-15-11/h1-7H,(H,18,19)(H2,15,16,17,20). The highest BCUT2D eigenvalue weighted by atomic mass is 19.1. The summed E-state index contributed by atoms with van der Waals surface area (Å²) in [6.45, 7) is 0. The molecule has 0 aliphatic rings. The van der Waals surface area contributed by atoms with Crippen LogP contribution in [0.4, 0.5) is 20.7 Å². The summed E-state index contributed by atoms with van der Waals surface area (Å²) in [5, 5.41) is 13.6. The third-order valence-corrected chi connectivity index (χ3v) is 2.33. The fraction of sp³-hybridized carbons (Fsp3) is 0. The number of nitrogens with zero attached hydrogens (tertiary/aromatic N) is 1. The summed E-state index contributed by atoms with van der Waals surface area (Å²) in [6, 6.07) is 7.25. The molecule has 102 valence electrons. The Morgan fingerprint density at radius 3 is 2.65 bits per heavy atom. The van der Waals surface area contributed by atoms with Crippen molar-refractivity contribution in [3.05, 3.63) is 54.0 Å². The van der Waals surface area contributed by atoms with E-state index in [0.29, 0.717) is 0 Å². The van der Waals surface area contributed by atoms with Gasteiger partial charge in [0.15, 0.2) is 0 Å². The number of nitrogens with one attached hydrogen (secondary N) is 2. The summed E-state index contributed by atoms with van der Waals surface area (Å²) in [4.78, 5) is 26.2. The quantitative estimate of drug-likeness (QED) is 0.802. The molecule has 0 atom stereocenters. The van der Waals surface area contributed by atoms with Gasteiger partial charge in [-0.25, -0.2) is 19.0 Å². The smallest absolute Gasteiger partial charge is 0.335 e. The topological polar surface area (TPSA) is 91.3 Å². The summed E-state index contributed by atoms with van der Waals surface area (Å²) < 4.78 is 12.9. The number of carboxylic acid groups (broad SMARTS) is 1. The van der Waals surface area contributed by atoms with Crippen molar-refractivity contribution in [2.45, 2.75) is 0 Å². The second kappa shape index (κ2) is 5.79. The van der Waals surface area contributed by atoms with E-state index < -0.39 is 17.8 Å². The van der Waals surface area contributed by atoms with Crippen molar-refractivity contribution in [2.75, 3.05) is 10.6 Å². The summed E-state index contributed by atoms with van der Waals surface area (Å²) in [5.74, 6) is -1.52. The van der Waals surface area contributed by atoms with Crippen LogP contribution in [-0.4, -0.2) is 22.1 Å². The van der Waals surface area contributed by atoms with Gasteiger partial charge >= 0.3 is 12.0 Å². The van der Waals surface area contributed by atoms with Gasteiger partial charge in [-0.3, -0.25) is 5.32 Å². The first kappa shape index (κ1) is 13.5. The number of rotatable bonds is 3. The zero-order valence-electron chi connectivity index (χ0n) is 10.1. The van der Waals surface area contributed by atoms with Crippen LogP contribution in [0.15, 0.2) is 42.6 Å². The predicted octanol–water partition coefficient (Wildman–Crippen LogP) is 2.56. The molecule has 2 rings (SSSR count). The lowest BCUT2D eigenvalue weighted by Gasteiger charge is -2.07. The Morgan fingerprint density at radius 1 is 1.15 bits per heavy atom. The first-order valence-corrected chi connectivity index (χ1v) is 5.57. The Bertz CT molecular complexity index is 661. The van der Waals surface area contributed by atoms with Gasteiger partial charge < -0.3 is 10.4 Å². The zero-order valence-corrected chi connectivity index (χ0v) is 10.1. The highest BCUT2D eigenvalue weighted by Crippen LogP contribution is 2.11. The predicted molar refractivity (Wildman–Crippen MR) is 70.2 cm³/mol. The molecular weight excluding hydrogens is 265 g/mol. The number of anilines is 2. The van der Waals surface area contributed by atoms with Gasteiger partial charge in [0.2, 0.25) is 0 Å². The summed E-state index contributed by atoms with van der Waals surface area (Å²) >= 11 is 0. The van der Waals surface area contributed by atoms with E-state index in [-0.39, 0.29) is 17.1 Å². The van der Waals surface area contributed by atoms with Gasteiger partial charge in [-0.05, 0) is 30.3 Å². The van der Waals surface area contributed by atoms with Crippen molar-refractivity contribution in [2.24, 2.45) is 0 Å². The van der Waals surface area contributed by atoms with E-state index in [0.717, 1.165) is 6.07 Å². The van der Waals surface area contributed by atoms with Crippen LogP contribution in [0.2, 0.25) is 0 Å². The Balaban J connectivity index is 2.04. The van der Waals surface area contributed by atoms with Gasteiger partial charge in [0, 0.05) is 11.9 Å². The molecule has 2 aromatic rings. The lowest BCUT2D eigenvalue weighted by atomic mass is 10.2. The molecular formula is C13H10FN3O3. The molecule has 0 bridgehead atoms. The van der Waals surface area contributed by atoms with E-state index in [1.807, 2.05) is 0 Å². The van der Waals surface area contributed by atoms with E-state index in [2.05, 4.69) is 15.6 Å². The molecule has 20 heavy (non-hydrogen) atoms. The normalized spacial score (nSPS) is 9.85. The number of aromatic carboxylic acids is 1. The molecule has 6 nitrogen and oxygen atoms in total. The number of pyridine rings is 1. The van der Waals surface area contributed by atoms with Crippen molar-refractivity contribution in [3.63, 3.8) is 0 Å². The third-order valence-electron chi connectivity index (χ3n) is 2.33. The first-order valence-electron chi connectivity index (χ1n) is 5.57. The third kappa shape index (κ3) is 3.52. The average molecular weight is 275 g/mol. The molecule has 2 amide bonds. The number of hydrogen-bond donors (Lipinski definition) is 3. The molecule has 3 N–H and O–H groups in total. The zero-order chi connectivity index (χ0) is 14.5. The van der Waals surface area contributed by atoms with Gasteiger partial charge in [0.25, 0.3) is 0 Å². The van der Waals surface area contributed by atoms with E-state index in [9.17, 15) is 14.0 Å². The number of halogens is 1. The van der Waals surface area contributed by atoms with Crippen LogP contribution in [-0.2, 0) is 0 Å². The number of carboxylic acids is 1. The van der Waals surface area contributed by atoms with Crippen LogP contribution < -0.4 is 10.6 Å². The maximum Gasteiger partial charge on any atom is 0.335 e. The summed E-state index contributed by atoms with van der Waals surface area (Å²) in [7, 11) is 0. The molecule has 1 aromatic carbocycles. The highest BCUT2D eigenvalue weighted by molar-refractivity contribution is 5.99. The Hall–Kier alpha value is -2.96. The van der Waals surface area contributed by atoms with Gasteiger partial charge in [-0.15, -0.1) is 0 Å². The molecule has 1 heterocycles. The van der Waals surface area contributed by atoms with Gasteiger partial charge in [-0.1, -0.05) is 6.07 Å². The minimum Gasteiger partial charge on any atom is -0.478 e. The van der Waals surface area contributed by atoms with E-state index in [1.54, 1.807) is 0 Å². The Kier molecular flexibility index (Phi) is 3.90. The van der Waals surface area contributed by atoms with Gasteiger partial charge in [0.1, 0.15) is 11.6 Å². The van der Waals surface area contributed by atoms with Crippen LogP contribution >= 0.6 is 0 Å². The fourth-order valence-electron chi connectivity index (χ4n) is 1.48. The van der Waals surface area contributed by atoms with Crippen molar-refractivity contribution >= 4 is 23.5 Å². The maximum absolute atomic E-state index is 12.9. The number of urea groups is 1. The SMILES string of the molecule is O=C(Nc1cccc(F)c1)Nc1cc(C(=O)O)ccn1. The molecule has 0 aliphatic heterocycles. The molecule has 0 aliphatic carbocycles. The molecule has 1 aromatic heterocycles. The lowest BCUT2D eigenvalue weighted by molar-refractivity contribution is 0.0696. The van der Waals surface area contributed by atoms with E-state index >= 15 is 0 Å².